The number of hydrogen-bond acceptors (Lipinski definition) is 2. The zero-order chi connectivity index (χ0) is 12.5. The fourth-order valence-electron chi connectivity index (χ4n) is 1.43. The Morgan fingerprint density at radius 1 is 1.35 bits per heavy atom. The molecule has 17 heavy (non-hydrogen) atoms. The monoisotopic (exact) mass is 303 g/mol. The van der Waals surface area contributed by atoms with Gasteiger partial charge in [-0.05, 0) is 31.5 Å². The van der Waals surface area contributed by atoms with E-state index in [1.54, 1.807) is 6.07 Å². The van der Waals surface area contributed by atoms with Crippen LogP contribution in [0.3, 0.4) is 0 Å². The molecule has 0 aliphatic carbocycles. The summed E-state index contributed by atoms with van der Waals surface area (Å²) < 4.78 is 19.6. The van der Waals surface area contributed by atoms with Crippen molar-refractivity contribution in [1.29, 1.82) is 0 Å². The molecule has 1 N–H and O–H groups in total. The average molecular weight is 304 g/mol. The normalized spacial score (nSPS) is 10.8. The van der Waals surface area contributed by atoms with E-state index in [2.05, 4.69) is 28.2 Å². The molecule has 0 saturated heterocycles. The van der Waals surface area contributed by atoms with Crippen LogP contribution in [0.4, 0.5) is 4.39 Å². The van der Waals surface area contributed by atoms with E-state index >= 15 is 0 Å². The maximum Gasteiger partial charge on any atom is 0.128 e. The second-order valence-corrected chi connectivity index (χ2v) is 4.79. The molecule has 0 unspecified atom stereocenters. The van der Waals surface area contributed by atoms with Crippen molar-refractivity contribution >= 4 is 15.9 Å². The molecule has 2 nitrogen and oxygen atoms in total. The summed E-state index contributed by atoms with van der Waals surface area (Å²) in [6.45, 7) is 5.09. The molecule has 0 spiro atoms. The maximum absolute atomic E-state index is 13.4. The number of hydrogen-bond donors (Lipinski definition) is 1. The number of halogens is 2. The molecular formula is C13H19BrFNO. The molecule has 1 rings (SSSR count). The van der Waals surface area contributed by atoms with Gasteiger partial charge in [0.2, 0.25) is 0 Å². The number of nitrogens with one attached hydrogen (secondary N) is 1. The third-order valence-corrected chi connectivity index (χ3v) is 2.81. The van der Waals surface area contributed by atoms with Gasteiger partial charge in [0.25, 0.3) is 0 Å². The molecule has 1 aromatic carbocycles. The van der Waals surface area contributed by atoms with E-state index in [1.807, 2.05) is 6.07 Å². The molecule has 0 aromatic heterocycles. The van der Waals surface area contributed by atoms with Crippen LogP contribution in [-0.2, 0) is 11.3 Å². The van der Waals surface area contributed by atoms with Crippen LogP contribution < -0.4 is 5.32 Å². The second kappa shape index (κ2) is 8.61. The van der Waals surface area contributed by atoms with Crippen molar-refractivity contribution in [2.45, 2.75) is 26.3 Å². The lowest BCUT2D eigenvalue weighted by Gasteiger charge is -2.06. The highest BCUT2D eigenvalue weighted by molar-refractivity contribution is 9.10. The summed E-state index contributed by atoms with van der Waals surface area (Å²) in [6.07, 6.45) is 2.01. The molecule has 0 radical (unpaired) electrons. The molecule has 4 heteroatoms. The van der Waals surface area contributed by atoms with Crippen LogP contribution in [0.15, 0.2) is 22.7 Å². The Morgan fingerprint density at radius 3 is 2.88 bits per heavy atom. The quantitative estimate of drug-likeness (QED) is 0.742. The minimum absolute atomic E-state index is 0.172. The first kappa shape index (κ1) is 14.6. The van der Waals surface area contributed by atoms with Crippen LogP contribution in [-0.4, -0.2) is 19.8 Å². The molecule has 0 atom stereocenters. The Balaban J connectivity index is 2.14. The lowest BCUT2D eigenvalue weighted by Crippen LogP contribution is -2.17. The summed E-state index contributed by atoms with van der Waals surface area (Å²) in [7, 11) is 0. The van der Waals surface area contributed by atoms with E-state index in [9.17, 15) is 4.39 Å². The number of rotatable bonds is 8. The molecule has 0 aliphatic heterocycles. The van der Waals surface area contributed by atoms with E-state index in [4.69, 9.17) is 4.74 Å². The second-order valence-electron chi connectivity index (χ2n) is 3.88. The molecule has 0 amide bonds. The van der Waals surface area contributed by atoms with Crippen molar-refractivity contribution in [1.82, 2.24) is 5.32 Å². The predicted molar refractivity (Wildman–Crippen MR) is 71.5 cm³/mol. The molecule has 0 heterocycles. The van der Waals surface area contributed by atoms with Crippen molar-refractivity contribution in [3.63, 3.8) is 0 Å². The number of ether oxygens (including phenoxy) is 1. The van der Waals surface area contributed by atoms with Gasteiger partial charge in [0.05, 0.1) is 0 Å². The maximum atomic E-state index is 13.4. The van der Waals surface area contributed by atoms with Crippen LogP contribution in [0.25, 0.3) is 0 Å². The van der Waals surface area contributed by atoms with Crippen molar-refractivity contribution in [2.24, 2.45) is 0 Å². The van der Waals surface area contributed by atoms with Gasteiger partial charge in [-0.2, -0.15) is 0 Å². The Hall–Kier alpha value is -0.450. The highest BCUT2D eigenvalue weighted by atomic mass is 79.9. The Bertz CT molecular complexity index is 333. The first-order chi connectivity index (χ1) is 8.24. The summed E-state index contributed by atoms with van der Waals surface area (Å²) in [5, 5.41) is 3.20. The molecule has 0 fully saturated rings. The van der Waals surface area contributed by atoms with Crippen molar-refractivity contribution in [3.05, 3.63) is 34.1 Å². The fourth-order valence-corrected chi connectivity index (χ4v) is 1.77. The summed E-state index contributed by atoms with van der Waals surface area (Å²) in [6, 6.07) is 5.13. The molecule has 0 aliphatic rings. The third-order valence-electron chi connectivity index (χ3n) is 2.32. The van der Waals surface area contributed by atoms with Crippen LogP contribution in [0.5, 0.6) is 0 Å². The highest BCUT2D eigenvalue weighted by Gasteiger charge is 2.01. The minimum atomic E-state index is -0.172. The third kappa shape index (κ3) is 6.15. The van der Waals surface area contributed by atoms with Gasteiger partial charge < -0.3 is 10.1 Å². The lowest BCUT2D eigenvalue weighted by molar-refractivity contribution is 0.132. The molecule has 0 saturated carbocycles. The van der Waals surface area contributed by atoms with E-state index < -0.39 is 0 Å². The fraction of sp³-hybridized carbons (Fsp3) is 0.538. The zero-order valence-corrected chi connectivity index (χ0v) is 11.7. The Labute approximate surface area is 111 Å². The average Bonchev–Trinajstić information content (AvgIpc) is 2.30. The van der Waals surface area contributed by atoms with Gasteiger partial charge in [-0.1, -0.05) is 28.9 Å². The number of benzene rings is 1. The van der Waals surface area contributed by atoms with Gasteiger partial charge in [-0.15, -0.1) is 0 Å². The van der Waals surface area contributed by atoms with Crippen molar-refractivity contribution in [3.8, 4) is 0 Å². The summed E-state index contributed by atoms with van der Waals surface area (Å²) in [5.41, 5.74) is 0.697. The smallest absolute Gasteiger partial charge is 0.128 e. The molecular weight excluding hydrogens is 285 g/mol. The topological polar surface area (TPSA) is 21.3 Å². The van der Waals surface area contributed by atoms with Gasteiger partial charge in [0, 0.05) is 29.8 Å². The standard InChI is InChI=1S/C13H19BrFNO/c1-2-7-17-8-3-6-16-10-11-4-5-12(14)9-13(11)15/h4-5,9,16H,2-3,6-8,10H2,1H3. The first-order valence-electron chi connectivity index (χ1n) is 5.96. The van der Waals surface area contributed by atoms with E-state index in [1.165, 1.54) is 6.07 Å². The van der Waals surface area contributed by atoms with Gasteiger partial charge >= 0.3 is 0 Å². The van der Waals surface area contributed by atoms with Gasteiger partial charge in [-0.3, -0.25) is 0 Å². The zero-order valence-electron chi connectivity index (χ0n) is 10.1. The van der Waals surface area contributed by atoms with Gasteiger partial charge in [0.1, 0.15) is 5.82 Å². The summed E-state index contributed by atoms with van der Waals surface area (Å²) in [5.74, 6) is -0.172. The van der Waals surface area contributed by atoms with Gasteiger partial charge in [-0.25, -0.2) is 4.39 Å². The first-order valence-corrected chi connectivity index (χ1v) is 6.75. The predicted octanol–water partition coefficient (Wildman–Crippen LogP) is 3.49. The summed E-state index contributed by atoms with van der Waals surface area (Å²) >= 11 is 3.24. The highest BCUT2D eigenvalue weighted by Crippen LogP contribution is 2.14. The molecule has 0 bridgehead atoms. The SMILES string of the molecule is CCCOCCCNCc1ccc(Br)cc1F. The van der Waals surface area contributed by atoms with E-state index in [0.717, 1.165) is 37.1 Å². The Kier molecular flexibility index (Phi) is 7.40. The molecule has 96 valence electrons. The van der Waals surface area contributed by atoms with E-state index in [0.29, 0.717) is 12.1 Å². The van der Waals surface area contributed by atoms with Crippen molar-refractivity contribution in [2.75, 3.05) is 19.8 Å². The lowest BCUT2D eigenvalue weighted by atomic mass is 10.2. The van der Waals surface area contributed by atoms with Crippen molar-refractivity contribution < 1.29 is 9.13 Å². The van der Waals surface area contributed by atoms with Gasteiger partial charge in [0.15, 0.2) is 0 Å². The summed E-state index contributed by atoms with van der Waals surface area (Å²) in [4.78, 5) is 0. The largest absolute Gasteiger partial charge is 0.381 e. The van der Waals surface area contributed by atoms with Crippen LogP contribution in [0.1, 0.15) is 25.3 Å². The van der Waals surface area contributed by atoms with Crippen LogP contribution in [0.2, 0.25) is 0 Å². The minimum Gasteiger partial charge on any atom is -0.381 e. The van der Waals surface area contributed by atoms with E-state index in [-0.39, 0.29) is 5.82 Å². The van der Waals surface area contributed by atoms with Crippen LogP contribution in [0, 0.1) is 5.82 Å². The Morgan fingerprint density at radius 2 is 2.18 bits per heavy atom. The molecule has 1 aromatic rings. The van der Waals surface area contributed by atoms with Crippen LogP contribution >= 0.6 is 15.9 Å².